The fraction of sp³-hybridized carbons (Fsp3) is 0.607. The molecule has 0 aromatic rings. The lowest BCUT2D eigenvalue weighted by Gasteiger charge is -2.32. The number of nitrogens with one attached hydrogen (secondary N) is 1. The lowest BCUT2D eigenvalue weighted by atomic mass is 9.72. The van der Waals surface area contributed by atoms with E-state index in [2.05, 4.69) is 51.2 Å². The van der Waals surface area contributed by atoms with E-state index in [1.807, 2.05) is 26.0 Å². The first-order valence-corrected chi connectivity index (χ1v) is 12.1. The van der Waals surface area contributed by atoms with Gasteiger partial charge in [-0.25, -0.2) is 0 Å². The molecule has 2 unspecified atom stereocenters. The van der Waals surface area contributed by atoms with Gasteiger partial charge in [0.05, 0.1) is 6.10 Å². The van der Waals surface area contributed by atoms with Gasteiger partial charge in [0.1, 0.15) is 0 Å². The standard InChI is InChI=1S/C28H43NO3/c1-21(15-16-25-23(3)13-10-17-28(25,5)6)11-9-12-22(2)19-26(30)29-20-24(4)32-27-14-7-8-18-31-27/h9,11-12,15-16,19,24,27H,7-8,10,13-14,17-18,20H2,1-6H3,(H,29,30)/b12-9+,16-15+,21-11+,22-19+. The summed E-state index contributed by atoms with van der Waals surface area (Å²) in [6.07, 6.45) is 18.8. The predicted octanol–water partition coefficient (Wildman–Crippen LogP) is 6.57. The van der Waals surface area contributed by atoms with E-state index in [-0.39, 0.29) is 23.7 Å². The van der Waals surface area contributed by atoms with Crippen LogP contribution in [0.2, 0.25) is 0 Å². The van der Waals surface area contributed by atoms with Crippen molar-refractivity contribution >= 4 is 5.91 Å². The zero-order valence-electron chi connectivity index (χ0n) is 21.0. The monoisotopic (exact) mass is 441 g/mol. The normalized spacial score (nSPS) is 23.8. The maximum absolute atomic E-state index is 12.2. The number of hydrogen-bond acceptors (Lipinski definition) is 3. The van der Waals surface area contributed by atoms with Crippen molar-refractivity contribution in [3.63, 3.8) is 0 Å². The minimum atomic E-state index is -0.135. The molecule has 0 spiro atoms. The second kappa shape index (κ2) is 13.0. The zero-order valence-corrected chi connectivity index (χ0v) is 21.0. The molecule has 4 nitrogen and oxygen atoms in total. The Morgan fingerprint density at radius 2 is 2.00 bits per heavy atom. The van der Waals surface area contributed by atoms with Crippen LogP contribution >= 0.6 is 0 Å². The van der Waals surface area contributed by atoms with E-state index in [9.17, 15) is 4.79 Å². The summed E-state index contributed by atoms with van der Waals surface area (Å²) in [5.74, 6) is -0.102. The summed E-state index contributed by atoms with van der Waals surface area (Å²) in [6, 6.07) is 0. The highest BCUT2D eigenvalue weighted by Gasteiger charge is 2.26. The van der Waals surface area contributed by atoms with Crippen molar-refractivity contribution in [2.24, 2.45) is 5.41 Å². The van der Waals surface area contributed by atoms with Crippen molar-refractivity contribution in [3.8, 4) is 0 Å². The number of amides is 1. The summed E-state index contributed by atoms with van der Waals surface area (Å²) < 4.78 is 11.4. The van der Waals surface area contributed by atoms with Crippen LogP contribution in [-0.4, -0.2) is 31.5 Å². The van der Waals surface area contributed by atoms with E-state index in [0.717, 1.165) is 31.4 Å². The van der Waals surface area contributed by atoms with Crippen LogP contribution < -0.4 is 5.32 Å². The van der Waals surface area contributed by atoms with Crippen molar-refractivity contribution in [3.05, 3.63) is 58.7 Å². The predicted molar refractivity (Wildman–Crippen MR) is 133 cm³/mol. The molecule has 1 N–H and O–H groups in total. The molecule has 1 heterocycles. The molecule has 1 aliphatic carbocycles. The number of carbonyl (C=O) groups excluding carboxylic acids is 1. The first-order chi connectivity index (χ1) is 15.2. The van der Waals surface area contributed by atoms with Gasteiger partial charge in [0.25, 0.3) is 0 Å². The smallest absolute Gasteiger partial charge is 0.244 e. The minimum Gasteiger partial charge on any atom is -0.353 e. The van der Waals surface area contributed by atoms with Gasteiger partial charge in [-0.05, 0) is 82.8 Å². The summed E-state index contributed by atoms with van der Waals surface area (Å²) in [7, 11) is 0. The second-order valence-electron chi connectivity index (χ2n) is 9.91. The van der Waals surface area contributed by atoms with Gasteiger partial charge < -0.3 is 14.8 Å². The maximum Gasteiger partial charge on any atom is 0.244 e. The largest absolute Gasteiger partial charge is 0.353 e. The van der Waals surface area contributed by atoms with Crippen LogP contribution in [0, 0.1) is 5.41 Å². The van der Waals surface area contributed by atoms with Crippen LogP contribution in [-0.2, 0) is 14.3 Å². The highest BCUT2D eigenvalue weighted by Crippen LogP contribution is 2.40. The molecule has 0 bridgehead atoms. The van der Waals surface area contributed by atoms with Crippen LogP contribution in [0.5, 0.6) is 0 Å². The molecule has 178 valence electrons. The van der Waals surface area contributed by atoms with Crippen LogP contribution in [0.1, 0.15) is 80.1 Å². The highest BCUT2D eigenvalue weighted by molar-refractivity contribution is 5.88. The van der Waals surface area contributed by atoms with E-state index < -0.39 is 0 Å². The molecule has 1 aliphatic heterocycles. The topological polar surface area (TPSA) is 47.6 Å². The quantitative estimate of drug-likeness (QED) is 0.325. The van der Waals surface area contributed by atoms with Crippen LogP contribution in [0.4, 0.5) is 0 Å². The van der Waals surface area contributed by atoms with Crippen LogP contribution in [0.3, 0.4) is 0 Å². The maximum atomic E-state index is 12.2. The van der Waals surface area contributed by atoms with E-state index >= 15 is 0 Å². The summed E-state index contributed by atoms with van der Waals surface area (Å²) in [5.41, 5.74) is 5.34. The molecule has 0 radical (unpaired) electrons. The van der Waals surface area contributed by atoms with Gasteiger partial charge in [0.15, 0.2) is 6.29 Å². The molecule has 2 rings (SSSR count). The molecular weight excluding hydrogens is 398 g/mol. The van der Waals surface area contributed by atoms with Gasteiger partial charge in [-0.3, -0.25) is 4.79 Å². The summed E-state index contributed by atoms with van der Waals surface area (Å²) in [4.78, 5) is 12.2. The van der Waals surface area contributed by atoms with Crippen molar-refractivity contribution < 1.29 is 14.3 Å². The highest BCUT2D eigenvalue weighted by atomic mass is 16.7. The third kappa shape index (κ3) is 9.30. The van der Waals surface area contributed by atoms with Gasteiger partial charge in [-0.15, -0.1) is 0 Å². The molecule has 2 atom stereocenters. The fourth-order valence-corrected chi connectivity index (χ4v) is 4.31. The molecule has 2 aliphatic rings. The van der Waals surface area contributed by atoms with Crippen molar-refractivity contribution in [2.75, 3.05) is 13.2 Å². The number of ether oxygens (including phenoxy) is 2. The molecule has 1 fully saturated rings. The zero-order chi connectivity index (χ0) is 23.6. The van der Waals surface area contributed by atoms with Gasteiger partial charge in [0.2, 0.25) is 5.91 Å². The number of hydrogen-bond donors (Lipinski definition) is 1. The lowest BCUT2D eigenvalue weighted by Crippen LogP contribution is -2.35. The first kappa shape index (κ1) is 26.3. The van der Waals surface area contributed by atoms with E-state index in [1.54, 1.807) is 6.08 Å². The Morgan fingerprint density at radius 1 is 1.22 bits per heavy atom. The molecule has 4 heteroatoms. The van der Waals surface area contributed by atoms with Crippen molar-refractivity contribution in [1.29, 1.82) is 0 Å². The average Bonchev–Trinajstić information content (AvgIpc) is 2.72. The molecule has 1 saturated heterocycles. The third-order valence-electron chi connectivity index (χ3n) is 6.22. The Kier molecular flexibility index (Phi) is 10.7. The molecule has 1 amide bonds. The Morgan fingerprint density at radius 3 is 2.69 bits per heavy atom. The fourth-order valence-electron chi connectivity index (χ4n) is 4.31. The van der Waals surface area contributed by atoms with Crippen molar-refractivity contribution in [1.82, 2.24) is 5.32 Å². The van der Waals surface area contributed by atoms with Crippen LogP contribution in [0.15, 0.2) is 58.7 Å². The van der Waals surface area contributed by atoms with Gasteiger partial charge >= 0.3 is 0 Å². The Balaban J connectivity index is 1.80. The minimum absolute atomic E-state index is 0.0726. The Bertz CT molecular complexity index is 776. The van der Waals surface area contributed by atoms with Crippen LogP contribution in [0.25, 0.3) is 0 Å². The first-order valence-electron chi connectivity index (χ1n) is 12.1. The van der Waals surface area contributed by atoms with E-state index in [0.29, 0.717) is 6.54 Å². The summed E-state index contributed by atoms with van der Waals surface area (Å²) in [6.45, 7) is 14.2. The van der Waals surface area contributed by atoms with Gasteiger partial charge in [-0.1, -0.05) is 55.4 Å². The number of carbonyl (C=O) groups is 1. The molecule has 0 aromatic carbocycles. The molecule has 0 saturated carbocycles. The number of rotatable bonds is 9. The van der Waals surface area contributed by atoms with Crippen molar-refractivity contribution in [2.45, 2.75) is 92.5 Å². The number of allylic oxidation sites excluding steroid dienone is 9. The summed E-state index contributed by atoms with van der Waals surface area (Å²) >= 11 is 0. The lowest BCUT2D eigenvalue weighted by molar-refractivity contribution is -0.183. The average molecular weight is 442 g/mol. The van der Waals surface area contributed by atoms with Gasteiger partial charge in [0, 0.05) is 19.2 Å². The second-order valence-corrected chi connectivity index (χ2v) is 9.91. The molecule has 0 aromatic heterocycles. The SMILES string of the molecule is CC1=C(/C=C/C(C)=C/C=C/C(C)=C/C(=O)NCC(C)OC2CCCCO2)C(C)(C)CCC1. The van der Waals surface area contributed by atoms with E-state index in [4.69, 9.17) is 9.47 Å². The Hall–Kier alpha value is -1.91. The third-order valence-corrected chi connectivity index (χ3v) is 6.22. The summed E-state index contributed by atoms with van der Waals surface area (Å²) in [5, 5.41) is 2.91. The molecular formula is C28H43NO3. The van der Waals surface area contributed by atoms with E-state index in [1.165, 1.54) is 36.0 Å². The molecule has 32 heavy (non-hydrogen) atoms. The van der Waals surface area contributed by atoms with Gasteiger partial charge in [-0.2, -0.15) is 0 Å². The Labute approximate surface area is 195 Å².